The van der Waals surface area contributed by atoms with E-state index in [2.05, 4.69) is 10.3 Å². The number of benzene rings is 1. The molecule has 1 fully saturated rings. The number of fused-ring (bicyclic) bond motifs is 1. The van der Waals surface area contributed by atoms with E-state index in [9.17, 15) is 19.5 Å². The molecule has 2 N–H and O–H groups in total. The van der Waals surface area contributed by atoms with Gasteiger partial charge in [-0.2, -0.15) is 0 Å². The summed E-state index contributed by atoms with van der Waals surface area (Å²) in [6.45, 7) is 3.34. The average Bonchev–Trinajstić information content (AvgIpc) is 3.27. The molecule has 158 valence electrons. The van der Waals surface area contributed by atoms with E-state index in [1.807, 2.05) is 42.2 Å². The number of carbonyl (C=O) groups excluding carboxylic acids is 2. The molecule has 0 unspecified atom stereocenters. The first-order valence-corrected chi connectivity index (χ1v) is 10.1. The monoisotopic (exact) mass is 411 g/mol. The molecule has 0 saturated carbocycles. The van der Waals surface area contributed by atoms with E-state index >= 15 is 0 Å². The minimum absolute atomic E-state index is 0.0562. The smallest absolute Gasteiger partial charge is 0.405 e. The summed E-state index contributed by atoms with van der Waals surface area (Å²) < 4.78 is 1.64. The first kappa shape index (κ1) is 19.9. The van der Waals surface area contributed by atoms with Crippen LogP contribution < -0.4 is 5.32 Å². The van der Waals surface area contributed by atoms with Crippen LogP contribution in [0.15, 0.2) is 36.5 Å². The Balaban J connectivity index is 1.38. The zero-order valence-electron chi connectivity index (χ0n) is 16.8. The van der Waals surface area contributed by atoms with Crippen molar-refractivity contribution in [2.24, 2.45) is 0 Å². The molecule has 0 radical (unpaired) electrons. The summed E-state index contributed by atoms with van der Waals surface area (Å²) in [5.41, 5.74) is 1.79. The van der Waals surface area contributed by atoms with Crippen LogP contribution in [0.25, 0.3) is 0 Å². The summed E-state index contributed by atoms with van der Waals surface area (Å²) in [4.78, 5) is 44.7. The van der Waals surface area contributed by atoms with Gasteiger partial charge >= 0.3 is 12.1 Å². The minimum Gasteiger partial charge on any atom is -0.465 e. The molecule has 2 aliphatic heterocycles. The number of carbonyl (C=O) groups is 3. The van der Waals surface area contributed by atoms with Crippen molar-refractivity contribution in [1.82, 2.24) is 24.7 Å². The van der Waals surface area contributed by atoms with Crippen LogP contribution in [0.3, 0.4) is 0 Å². The van der Waals surface area contributed by atoms with Crippen LogP contribution in [-0.2, 0) is 17.8 Å². The molecular formula is C21H25N5O4. The summed E-state index contributed by atoms with van der Waals surface area (Å²) in [5, 5.41) is 11.5. The van der Waals surface area contributed by atoms with Gasteiger partial charge in [0.2, 0.25) is 5.91 Å². The lowest BCUT2D eigenvalue weighted by molar-refractivity contribution is -0.134. The second kappa shape index (κ2) is 8.17. The molecule has 9 nitrogen and oxygen atoms in total. The number of carboxylic acid groups (broad SMARTS) is 1. The molecule has 1 aromatic carbocycles. The highest BCUT2D eigenvalue weighted by molar-refractivity contribution is 5.86. The van der Waals surface area contributed by atoms with E-state index in [4.69, 9.17) is 0 Å². The fourth-order valence-electron chi connectivity index (χ4n) is 4.34. The van der Waals surface area contributed by atoms with Crippen LogP contribution in [0.2, 0.25) is 0 Å². The normalized spacial score (nSPS) is 17.7. The van der Waals surface area contributed by atoms with Crippen molar-refractivity contribution in [2.75, 3.05) is 13.1 Å². The summed E-state index contributed by atoms with van der Waals surface area (Å²) in [6.07, 6.45) is 2.16. The standard InChI is InChI=1S/C21H25N5O4/c1-14-22-12-17-13-25(21(30)26(14)17)16-7-9-24(10-8-16)19(27)18(23-20(28)29)11-15-5-3-2-4-6-15/h2-6,12,16,18,23H,7-11,13H2,1H3,(H,28,29)/t18-/m1/s1. The highest BCUT2D eigenvalue weighted by Crippen LogP contribution is 2.26. The van der Waals surface area contributed by atoms with Crippen molar-refractivity contribution in [2.45, 2.75) is 44.8 Å². The zero-order valence-corrected chi connectivity index (χ0v) is 16.8. The first-order chi connectivity index (χ1) is 14.4. The van der Waals surface area contributed by atoms with Crippen molar-refractivity contribution in [3.05, 3.63) is 53.6 Å². The third-order valence-corrected chi connectivity index (χ3v) is 5.88. The van der Waals surface area contributed by atoms with Crippen LogP contribution in [0.1, 0.15) is 29.9 Å². The Labute approximate surface area is 174 Å². The molecule has 0 spiro atoms. The molecule has 1 aromatic heterocycles. The first-order valence-electron chi connectivity index (χ1n) is 10.1. The van der Waals surface area contributed by atoms with Gasteiger partial charge in [0.05, 0.1) is 18.4 Å². The second-order valence-corrected chi connectivity index (χ2v) is 7.79. The fraction of sp³-hybridized carbons (Fsp3) is 0.429. The minimum atomic E-state index is -1.22. The molecule has 1 atom stereocenters. The highest BCUT2D eigenvalue weighted by Gasteiger charge is 2.37. The highest BCUT2D eigenvalue weighted by atomic mass is 16.4. The van der Waals surface area contributed by atoms with Gasteiger partial charge in [0.1, 0.15) is 11.9 Å². The van der Waals surface area contributed by atoms with Gasteiger partial charge in [-0.05, 0) is 25.3 Å². The third-order valence-electron chi connectivity index (χ3n) is 5.88. The topological polar surface area (TPSA) is 108 Å². The molecule has 1 saturated heterocycles. The Morgan fingerprint density at radius 3 is 2.57 bits per heavy atom. The van der Waals surface area contributed by atoms with Gasteiger partial charge in [-0.25, -0.2) is 14.6 Å². The zero-order chi connectivity index (χ0) is 21.3. The molecule has 2 aromatic rings. The number of likely N-dealkylation sites (tertiary alicyclic amines) is 1. The SMILES string of the molecule is Cc1ncc2n1C(=O)N(C1CCN(C(=O)[C@@H](Cc3ccccc3)NC(=O)O)CC1)C2. The van der Waals surface area contributed by atoms with Crippen molar-refractivity contribution >= 4 is 18.0 Å². The van der Waals surface area contributed by atoms with Crippen molar-refractivity contribution in [3.8, 4) is 0 Å². The molecular weight excluding hydrogens is 386 g/mol. The van der Waals surface area contributed by atoms with E-state index in [0.717, 1.165) is 11.3 Å². The van der Waals surface area contributed by atoms with Crippen molar-refractivity contribution < 1.29 is 19.5 Å². The largest absolute Gasteiger partial charge is 0.465 e. The third kappa shape index (κ3) is 3.87. The molecule has 9 heteroatoms. The lowest BCUT2D eigenvalue weighted by Crippen LogP contribution is -2.53. The number of amides is 3. The molecule has 3 heterocycles. The Kier molecular flexibility index (Phi) is 5.43. The summed E-state index contributed by atoms with van der Waals surface area (Å²) in [5.74, 6) is 0.465. The Hall–Kier alpha value is -3.36. The number of nitrogens with zero attached hydrogens (tertiary/aromatic N) is 4. The quantitative estimate of drug-likeness (QED) is 0.781. The number of rotatable bonds is 5. The number of hydrogen-bond donors (Lipinski definition) is 2. The number of piperidine rings is 1. The predicted octanol–water partition coefficient (Wildman–Crippen LogP) is 1.85. The van der Waals surface area contributed by atoms with Gasteiger partial charge in [0, 0.05) is 25.6 Å². The van der Waals surface area contributed by atoms with E-state index in [1.54, 1.807) is 15.7 Å². The number of imidazole rings is 1. The number of hydrogen-bond acceptors (Lipinski definition) is 4. The maximum Gasteiger partial charge on any atom is 0.405 e. The molecule has 2 aliphatic rings. The number of aromatic nitrogens is 2. The van der Waals surface area contributed by atoms with Gasteiger partial charge in [0.15, 0.2) is 0 Å². The average molecular weight is 411 g/mol. The lowest BCUT2D eigenvalue weighted by atomic mass is 10.0. The fourth-order valence-corrected chi connectivity index (χ4v) is 4.34. The molecule has 30 heavy (non-hydrogen) atoms. The van der Waals surface area contributed by atoms with Crippen molar-refractivity contribution in [1.29, 1.82) is 0 Å². The van der Waals surface area contributed by atoms with Crippen LogP contribution in [0.4, 0.5) is 9.59 Å². The summed E-state index contributed by atoms with van der Waals surface area (Å²) in [7, 11) is 0. The maximum absolute atomic E-state index is 13.0. The Morgan fingerprint density at radius 1 is 1.23 bits per heavy atom. The van der Waals surface area contributed by atoms with Gasteiger partial charge in [-0.3, -0.25) is 9.36 Å². The Morgan fingerprint density at radius 2 is 1.93 bits per heavy atom. The van der Waals surface area contributed by atoms with E-state index in [1.165, 1.54) is 0 Å². The van der Waals surface area contributed by atoms with Gasteiger partial charge in [-0.15, -0.1) is 0 Å². The van der Waals surface area contributed by atoms with Crippen LogP contribution in [0, 0.1) is 6.92 Å². The lowest BCUT2D eigenvalue weighted by Gasteiger charge is -2.37. The van der Waals surface area contributed by atoms with Gasteiger partial charge in [0.25, 0.3) is 0 Å². The Bertz CT molecular complexity index is 950. The number of nitrogens with one attached hydrogen (secondary N) is 1. The van der Waals surface area contributed by atoms with Crippen molar-refractivity contribution in [3.63, 3.8) is 0 Å². The van der Waals surface area contributed by atoms with Crippen LogP contribution >= 0.6 is 0 Å². The molecule has 4 rings (SSSR count). The van der Waals surface area contributed by atoms with E-state index in [0.29, 0.717) is 44.7 Å². The molecule has 3 amide bonds. The maximum atomic E-state index is 13.0. The van der Waals surface area contributed by atoms with Crippen LogP contribution in [-0.4, -0.2) is 67.7 Å². The second-order valence-electron chi connectivity index (χ2n) is 7.79. The number of aryl methyl sites for hydroxylation is 1. The van der Waals surface area contributed by atoms with E-state index < -0.39 is 12.1 Å². The van der Waals surface area contributed by atoms with Gasteiger partial charge in [-0.1, -0.05) is 30.3 Å². The summed E-state index contributed by atoms with van der Waals surface area (Å²) in [6, 6.07) is 8.53. The predicted molar refractivity (Wildman–Crippen MR) is 108 cm³/mol. The van der Waals surface area contributed by atoms with Crippen LogP contribution in [0.5, 0.6) is 0 Å². The molecule has 0 bridgehead atoms. The van der Waals surface area contributed by atoms with E-state index in [-0.39, 0.29) is 18.0 Å². The summed E-state index contributed by atoms with van der Waals surface area (Å²) >= 11 is 0. The van der Waals surface area contributed by atoms with Gasteiger partial charge < -0.3 is 20.2 Å². The molecule has 0 aliphatic carbocycles.